The van der Waals surface area contributed by atoms with Crippen LogP contribution in [0.1, 0.15) is 19.4 Å². The molecule has 4 rings (SSSR count). The number of halogens is 1. The van der Waals surface area contributed by atoms with Gasteiger partial charge in [-0.05, 0) is 0 Å². The van der Waals surface area contributed by atoms with Gasteiger partial charge in [0.25, 0.3) is 0 Å². The van der Waals surface area contributed by atoms with Crippen LogP contribution in [0.2, 0.25) is 0 Å². The van der Waals surface area contributed by atoms with E-state index < -0.39 is 5.31 Å². The summed E-state index contributed by atoms with van der Waals surface area (Å²) in [6, 6.07) is 43.9. The van der Waals surface area contributed by atoms with Gasteiger partial charge < -0.3 is 0 Å². The molecular formula is C27H26BrP. The zero-order valence-electron chi connectivity index (χ0n) is 16.9. The van der Waals surface area contributed by atoms with Crippen LogP contribution in [0.25, 0.3) is 0 Å². The molecule has 2 heteroatoms. The molecule has 0 saturated carbocycles. The van der Waals surface area contributed by atoms with Crippen molar-refractivity contribution in [2.45, 2.75) is 19.0 Å². The average Bonchev–Trinajstić information content (AvgIpc) is 2.81. The maximum atomic E-state index is 4.61. The number of hydrogen-bond donors (Lipinski definition) is 0. The molecule has 0 N–H and O–H groups in total. The molecule has 0 amide bonds. The fraction of sp³-hybridized carbons (Fsp3) is 0.111. The molecule has 0 aromatic heterocycles. The number of benzene rings is 4. The van der Waals surface area contributed by atoms with Crippen molar-refractivity contribution in [2.75, 3.05) is 0 Å². The Bertz CT molecular complexity index is 975. The van der Waals surface area contributed by atoms with Crippen molar-refractivity contribution in [3.63, 3.8) is 0 Å². The van der Waals surface area contributed by atoms with Crippen molar-refractivity contribution in [3.8, 4) is 0 Å². The fourth-order valence-corrected chi connectivity index (χ4v) is 13.0. The minimum absolute atomic E-state index is 0.198. The van der Waals surface area contributed by atoms with E-state index in [-0.39, 0.29) is 5.16 Å². The summed E-state index contributed by atoms with van der Waals surface area (Å²) >= 11 is 4.61. The van der Waals surface area contributed by atoms with Gasteiger partial charge in [-0.1, -0.05) is 0 Å². The quantitative estimate of drug-likeness (QED) is 0.288. The third-order valence-corrected chi connectivity index (χ3v) is 18.8. The molecule has 0 fully saturated rings. The van der Waals surface area contributed by atoms with Crippen molar-refractivity contribution in [2.24, 2.45) is 0 Å². The Morgan fingerprint density at radius 3 is 1.07 bits per heavy atom. The van der Waals surface area contributed by atoms with E-state index in [1.54, 1.807) is 0 Å². The van der Waals surface area contributed by atoms with Crippen molar-refractivity contribution in [3.05, 3.63) is 127 Å². The maximum absolute atomic E-state index is 4.61. The summed E-state index contributed by atoms with van der Waals surface area (Å²) in [6.07, 6.45) is 0. The van der Waals surface area contributed by atoms with Gasteiger partial charge in [-0.25, -0.2) is 0 Å². The Hall–Kier alpha value is -2.21. The van der Waals surface area contributed by atoms with Gasteiger partial charge in [-0.15, -0.1) is 0 Å². The molecule has 4 aromatic rings. The van der Waals surface area contributed by atoms with Crippen molar-refractivity contribution in [1.82, 2.24) is 0 Å². The second-order valence-electron chi connectivity index (χ2n) is 7.94. The van der Waals surface area contributed by atoms with Crippen LogP contribution in [-0.2, 0) is 5.16 Å². The third-order valence-electron chi connectivity index (χ3n) is 6.25. The molecule has 0 nitrogen and oxygen atoms in total. The topological polar surface area (TPSA) is 0 Å². The summed E-state index contributed by atoms with van der Waals surface area (Å²) in [6.45, 7) is 4.78. The molecule has 0 atom stereocenters. The minimum atomic E-state index is -3.11. The Kier molecular flexibility index (Phi) is 5.23. The van der Waals surface area contributed by atoms with Gasteiger partial charge in [0.2, 0.25) is 0 Å². The molecule has 4 aromatic carbocycles. The summed E-state index contributed by atoms with van der Waals surface area (Å²) < 4.78 is 0. The Morgan fingerprint density at radius 2 is 0.759 bits per heavy atom. The van der Waals surface area contributed by atoms with Crippen LogP contribution in [0.5, 0.6) is 0 Å². The first-order valence-corrected chi connectivity index (χ1v) is 14.2. The van der Waals surface area contributed by atoms with Crippen LogP contribution in [0, 0.1) is 0 Å². The molecule has 29 heavy (non-hydrogen) atoms. The molecule has 0 bridgehead atoms. The predicted octanol–water partition coefficient (Wildman–Crippen LogP) is 6.76. The van der Waals surface area contributed by atoms with E-state index in [1.165, 1.54) is 21.5 Å². The van der Waals surface area contributed by atoms with Crippen LogP contribution in [0.3, 0.4) is 0 Å². The Labute approximate surface area is 182 Å². The van der Waals surface area contributed by atoms with Gasteiger partial charge in [-0.2, -0.15) is 0 Å². The molecule has 0 unspecified atom stereocenters. The third kappa shape index (κ3) is 2.83. The zero-order valence-corrected chi connectivity index (χ0v) is 19.4. The van der Waals surface area contributed by atoms with E-state index in [1.807, 2.05) is 0 Å². The fourth-order valence-electron chi connectivity index (χ4n) is 4.63. The van der Waals surface area contributed by atoms with E-state index in [2.05, 4.69) is 151 Å². The van der Waals surface area contributed by atoms with Crippen LogP contribution < -0.4 is 15.9 Å². The van der Waals surface area contributed by atoms with Gasteiger partial charge in [-0.3, -0.25) is 0 Å². The molecule has 0 aliphatic rings. The first kappa shape index (κ1) is 20.1. The van der Waals surface area contributed by atoms with Crippen LogP contribution in [0.15, 0.2) is 121 Å². The second kappa shape index (κ2) is 7.56. The summed E-state index contributed by atoms with van der Waals surface area (Å²) in [7, 11) is 0. The summed E-state index contributed by atoms with van der Waals surface area (Å²) in [5, 5.41) is 0.711. The predicted molar refractivity (Wildman–Crippen MR) is 134 cm³/mol. The van der Waals surface area contributed by atoms with Crippen LogP contribution in [0.4, 0.5) is 0 Å². The molecule has 146 valence electrons. The molecule has 0 radical (unpaired) electrons. The van der Waals surface area contributed by atoms with Crippen LogP contribution in [-0.4, -0.2) is 0 Å². The van der Waals surface area contributed by atoms with E-state index in [0.29, 0.717) is 0 Å². The van der Waals surface area contributed by atoms with Crippen molar-refractivity contribution < 1.29 is 0 Å². The van der Waals surface area contributed by atoms with E-state index in [0.717, 1.165) is 0 Å². The second-order valence-corrected chi connectivity index (χ2v) is 16.9. The van der Waals surface area contributed by atoms with Crippen molar-refractivity contribution in [1.29, 1.82) is 0 Å². The summed E-state index contributed by atoms with van der Waals surface area (Å²) in [4.78, 5) is 0. The zero-order chi connectivity index (χ0) is 20.4. The van der Waals surface area contributed by atoms with E-state index >= 15 is 0 Å². The van der Waals surface area contributed by atoms with Gasteiger partial charge >= 0.3 is 183 Å². The molecule has 0 saturated heterocycles. The monoisotopic (exact) mass is 460 g/mol. The van der Waals surface area contributed by atoms with Crippen molar-refractivity contribution >= 4 is 36.7 Å². The average molecular weight is 461 g/mol. The summed E-state index contributed by atoms with van der Waals surface area (Å²) in [5.41, 5.74) is 1.33. The summed E-state index contributed by atoms with van der Waals surface area (Å²) in [5.74, 6) is 0. The first-order valence-electron chi connectivity index (χ1n) is 9.96. The molecule has 0 spiro atoms. The normalized spacial score (nSPS) is 13.4. The van der Waals surface area contributed by atoms with Gasteiger partial charge in [0.1, 0.15) is 0 Å². The molecule has 0 aliphatic heterocycles. The van der Waals surface area contributed by atoms with Gasteiger partial charge in [0.05, 0.1) is 0 Å². The Morgan fingerprint density at radius 1 is 0.483 bits per heavy atom. The van der Waals surface area contributed by atoms with Gasteiger partial charge in [0.15, 0.2) is 0 Å². The number of rotatable bonds is 5. The van der Waals surface area contributed by atoms with Gasteiger partial charge in [0, 0.05) is 0 Å². The molecular weight excluding hydrogens is 435 g/mol. The SMILES string of the molecule is CC(C)(c1ccccc1)P(Br)(c1ccccc1)(c1ccccc1)c1ccccc1. The number of hydrogen-bond acceptors (Lipinski definition) is 0. The standard InChI is InChI=1S/C27H26BrP/c1-27(2,23-15-7-3-8-16-23)29(28,24-17-9-4-10-18-24,25-19-11-5-12-20-25)26-21-13-6-14-22-26/h3-22H,1-2H3. The first-order chi connectivity index (χ1) is 14.0. The van der Waals surface area contributed by atoms with Crippen LogP contribution >= 0.6 is 20.8 Å². The van der Waals surface area contributed by atoms with E-state index in [4.69, 9.17) is 0 Å². The Balaban J connectivity index is 2.23. The van der Waals surface area contributed by atoms with E-state index in [9.17, 15) is 0 Å². The molecule has 0 aliphatic carbocycles. The molecule has 0 heterocycles.